The second-order valence-electron chi connectivity index (χ2n) is 5.57. The molecular weight excluding hydrogens is 226 g/mol. The van der Waals surface area contributed by atoms with Crippen molar-refractivity contribution in [2.45, 2.75) is 39.3 Å². The molecule has 2 heterocycles. The maximum atomic E-state index is 4.15. The number of H-pyrrole nitrogens is 1. The molecule has 0 aromatic carbocycles. The van der Waals surface area contributed by atoms with Gasteiger partial charge in [-0.3, -0.25) is 9.78 Å². The molecule has 0 saturated carbocycles. The van der Waals surface area contributed by atoms with Crippen LogP contribution in [0.25, 0.3) is 0 Å². The van der Waals surface area contributed by atoms with E-state index in [9.17, 15) is 0 Å². The molecule has 0 aliphatic carbocycles. The van der Waals surface area contributed by atoms with Crippen molar-refractivity contribution < 1.29 is 0 Å². The highest BCUT2D eigenvalue weighted by atomic mass is 15.3. The van der Waals surface area contributed by atoms with E-state index in [1.165, 1.54) is 17.0 Å². The molecule has 2 aromatic rings. The van der Waals surface area contributed by atoms with E-state index in [2.05, 4.69) is 41.4 Å². The first-order valence-electron chi connectivity index (χ1n) is 6.19. The van der Waals surface area contributed by atoms with Gasteiger partial charge in [0, 0.05) is 43.0 Å². The molecule has 0 unspecified atom stereocenters. The fourth-order valence-corrected chi connectivity index (χ4v) is 1.99. The van der Waals surface area contributed by atoms with Crippen molar-refractivity contribution in [2.24, 2.45) is 7.05 Å². The highest BCUT2D eigenvalue weighted by molar-refractivity contribution is 5.23. The zero-order chi connectivity index (χ0) is 13.2. The third-order valence-corrected chi connectivity index (χ3v) is 3.01. The summed E-state index contributed by atoms with van der Waals surface area (Å²) in [5.74, 6) is 0. The Morgan fingerprint density at radius 1 is 1.33 bits per heavy atom. The van der Waals surface area contributed by atoms with Crippen LogP contribution in [0.15, 0.2) is 18.5 Å². The van der Waals surface area contributed by atoms with Gasteiger partial charge in [-0.15, -0.1) is 0 Å². The van der Waals surface area contributed by atoms with E-state index in [1.807, 2.05) is 30.2 Å². The van der Waals surface area contributed by atoms with E-state index in [0.29, 0.717) is 0 Å². The highest BCUT2D eigenvalue weighted by Crippen LogP contribution is 2.23. The van der Waals surface area contributed by atoms with Gasteiger partial charge >= 0.3 is 0 Å². The van der Waals surface area contributed by atoms with Gasteiger partial charge in [0.1, 0.15) is 0 Å². The number of hydrogen-bond donors (Lipinski definition) is 2. The summed E-state index contributed by atoms with van der Waals surface area (Å²) < 4.78 is 1.88. The third kappa shape index (κ3) is 2.79. The van der Waals surface area contributed by atoms with Gasteiger partial charge in [-0.05, 0) is 6.07 Å². The summed E-state index contributed by atoms with van der Waals surface area (Å²) in [7, 11) is 1.95. The van der Waals surface area contributed by atoms with Crippen LogP contribution < -0.4 is 5.32 Å². The monoisotopic (exact) mass is 247 g/mol. The zero-order valence-electron chi connectivity index (χ0n) is 11.5. The predicted octanol–water partition coefficient (Wildman–Crippen LogP) is 1.73. The normalized spacial score (nSPS) is 12.0. The highest BCUT2D eigenvalue weighted by Gasteiger charge is 2.19. The molecule has 0 aliphatic rings. The summed E-state index contributed by atoms with van der Waals surface area (Å²) in [6.45, 7) is 8.18. The predicted molar refractivity (Wildman–Crippen MR) is 71.0 cm³/mol. The van der Waals surface area contributed by atoms with E-state index in [1.54, 1.807) is 0 Å². The molecule has 0 aliphatic heterocycles. The topological polar surface area (TPSA) is 58.5 Å². The van der Waals surface area contributed by atoms with Crippen LogP contribution in [0.1, 0.15) is 37.7 Å². The molecule has 0 fully saturated rings. The Morgan fingerprint density at radius 3 is 2.72 bits per heavy atom. The average Bonchev–Trinajstić information content (AvgIpc) is 2.87. The molecule has 0 saturated heterocycles. The first kappa shape index (κ1) is 12.8. The minimum absolute atomic E-state index is 0.0973. The van der Waals surface area contributed by atoms with Crippen LogP contribution in [0.2, 0.25) is 0 Å². The smallest absolute Gasteiger partial charge is 0.0535 e. The minimum Gasteiger partial charge on any atom is -0.307 e. The summed E-state index contributed by atoms with van der Waals surface area (Å²) in [6, 6.07) is 2.02. The lowest BCUT2D eigenvalue weighted by Crippen LogP contribution is -2.19. The summed E-state index contributed by atoms with van der Waals surface area (Å²) in [5.41, 5.74) is 3.69. The summed E-state index contributed by atoms with van der Waals surface area (Å²) in [5, 5.41) is 14.8. The van der Waals surface area contributed by atoms with Crippen molar-refractivity contribution >= 4 is 0 Å². The molecule has 5 nitrogen and oxygen atoms in total. The second kappa shape index (κ2) is 4.94. The van der Waals surface area contributed by atoms with E-state index in [4.69, 9.17) is 0 Å². The maximum absolute atomic E-state index is 4.15. The molecule has 18 heavy (non-hydrogen) atoms. The van der Waals surface area contributed by atoms with Crippen molar-refractivity contribution in [2.75, 3.05) is 0 Å². The molecule has 0 spiro atoms. The molecular formula is C13H21N5. The molecule has 0 radical (unpaired) electrons. The third-order valence-electron chi connectivity index (χ3n) is 3.01. The molecule has 2 rings (SSSR count). The summed E-state index contributed by atoms with van der Waals surface area (Å²) in [6.07, 6.45) is 3.71. The van der Waals surface area contributed by atoms with Gasteiger partial charge in [0.15, 0.2) is 0 Å². The Morgan fingerprint density at radius 2 is 2.11 bits per heavy atom. The van der Waals surface area contributed by atoms with E-state index in [0.717, 1.165) is 13.1 Å². The van der Waals surface area contributed by atoms with Crippen molar-refractivity contribution in [3.63, 3.8) is 0 Å². The van der Waals surface area contributed by atoms with Crippen molar-refractivity contribution in [3.8, 4) is 0 Å². The first-order chi connectivity index (χ1) is 8.48. The Kier molecular flexibility index (Phi) is 3.52. The number of nitrogens with one attached hydrogen (secondary N) is 2. The lowest BCUT2D eigenvalue weighted by molar-refractivity contribution is 0.551. The Labute approximate surface area is 108 Å². The van der Waals surface area contributed by atoms with Crippen LogP contribution in [-0.2, 0) is 25.6 Å². The van der Waals surface area contributed by atoms with Crippen molar-refractivity contribution in [1.29, 1.82) is 0 Å². The Balaban J connectivity index is 1.95. The zero-order valence-corrected chi connectivity index (χ0v) is 11.5. The largest absolute Gasteiger partial charge is 0.307 e. The number of aryl methyl sites for hydroxylation is 1. The number of nitrogens with zero attached hydrogens (tertiary/aromatic N) is 3. The SMILES string of the molecule is Cn1nccc1CNCc1cn[nH]c1C(C)(C)C. The fourth-order valence-electron chi connectivity index (χ4n) is 1.99. The van der Waals surface area contributed by atoms with Gasteiger partial charge in [0.2, 0.25) is 0 Å². The number of aromatic amines is 1. The van der Waals surface area contributed by atoms with Gasteiger partial charge < -0.3 is 5.32 Å². The van der Waals surface area contributed by atoms with E-state index >= 15 is 0 Å². The molecule has 2 N–H and O–H groups in total. The van der Waals surface area contributed by atoms with Crippen LogP contribution in [0.4, 0.5) is 0 Å². The summed E-state index contributed by atoms with van der Waals surface area (Å²) >= 11 is 0. The number of rotatable bonds is 4. The average molecular weight is 247 g/mol. The van der Waals surface area contributed by atoms with Crippen LogP contribution in [-0.4, -0.2) is 20.0 Å². The van der Waals surface area contributed by atoms with Gasteiger partial charge in [-0.1, -0.05) is 20.8 Å². The van der Waals surface area contributed by atoms with Gasteiger partial charge in [-0.25, -0.2) is 0 Å². The molecule has 98 valence electrons. The fraction of sp³-hybridized carbons (Fsp3) is 0.538. The van der Waals surface area contributed by atoms with Crippen LogP contribution in [0.3, 0.4) is 0 Å². The standard InChI is InChI=1S/C13H21N5/c1-13(2,3)12-10(8-15-17-12)7-14-9-11-5-6-16-18(11)4/h5-6,8,14H,7,9H2,1-4H3,(H,15,17). The molecule has 2 aromatic heterocycles. The van der Waals surface area contributed by atoms with E-state index in [-0.39, 0.29) is 5.41 Å². The van der Waals surface area contributed by atoms with Crippen LogP contribution in [0.5, 0.6) is 0 Å². The summed E-state index contributed by atoms with van der Waals surface area (Å²) in [4.78, 5) is 0. The Hall–Kier alpha value is -1.62. The number of aromatic nitrogens is 4. The number of hydrogen-bond acceptors (Lipinski definition) is 3. The van der Waals surface area contributed by atoms with Crippen molar-refractivity contribution in [1.82, 2.24) is 25.3 Å². The minimum atomic E-state index is 0.0973. The quantitative estimate of drug-likeness (QED) is 0.865. The van der Waals surface area contributed by atoms with Crippen LogP contribution >= 0.6 is 0 Å². The van der Waals surface area contributed by atoms with Crippen LogP contribution in [0, 0.1) is 0 Å². The molecule has 0 amide bonds. The molecule has 0 bridgehead atoms. The van der Waals surface area contributed by atoms with Gasteiger partial charge in [0.25, 0.3) is 0 Å². The van der Waals surface area contributed by atoms with Crippen molar-refractivity contribution in [3.05, 3.63) is 35.4 Å². The second-order valence-corrected chi connectivity index (χ2v) is 5.57. The molecule has 0 atom stereocenters. The van der Waals surface area contributed by atoms with Gasteiger partial charge in [0.05, 0.1) is 11.9 Å². The molecule has 5 heteroatoms. The lowest BCUT2D eigenvalue weighted by Gasteiger charge is -2.18. The lowest BCUT2D eigenvalue weighted by atomic mass is 9.89. The maximum Gasteiger partial charge on any atom is 0.0535 e. The first-order valence-corrected chi connectivity index (χ1v) is 6.19. The van der Waals surface area contributed by atoms with E-state index < -0.39 is 0 Å². The Bertz CT molecular complexity index is 503. The van der Waals surface area contributed by atoms with Gasteiger partial charge in [-0.2, -0.15) is 10.2 Å².